The third-order valence-electron chi connectivity index (χ3n) is 3.28. The highest BCUT2D eigenvalue weighted by Crippen LogP contribution is 2.25. The Kier molecular flexibility index (Phi) is 3.92. The van der Waals surface area contributed by atoms with Crippen molar-refractivity contribution in [1.29, 1.82) is 0 Å². The van der Waals surface area contributed by atoms with Crippen LogP contribution in [0.5, 0.6) is 0 Å². The second kappa shape index (κ2) is 5.62. The summed E-state index contributed by atoms with van der Waals surface area (Å²) in [6, 6.07) is 2.31. The summed E-state index contributed by atoms with van der Waals surface area (Å²) in [5.41, 5.74) is 0.497. The monoisotopic (exact) mass is 248 g/mol. The van der Waals surface area contributed by atoms with Gasteiger partial charge in [0.15, 0.2) is 6.04 Å². The minimum absolute atomic E-state index is 0.0384. The molecule has 5 heteroatoms. The van der Waals surface area contributed by atoms with Crippen LogP contribution in [0.3, 0.4) is 0 Å². The third-order valence-corrected chi connectivity index (χ3v) is 3.28. The Morgan fingerprint density at radius 2 is 2.11 bits per heavy atom. The summed E-state index contributed by atoms with van der Waals surface area (Å²) in [7, 11) is 0. The van der Waals surface area contributed by atoms with Gasteiger partial charge in [0.25, 0.3) is 0 Å². The van der Waals surface area contributed by atoms with E-state index in [0.29, 0.717) is 5.56 Å². The molecule has 18 heavy (non-hydrogen) atoms. The number of amides is 1. The molecule has 2 rings (SSSR count). The number of carboxylic acid groups (broad SMARTS) is 1. The van der Waals surface area contributed by atoms with Crippen LogP contribution >= 0.6 is 0 Å². The smallest absolute Gasteiger partial charge is 0.330 e. The number of aromatic nitrogens is 1. The Bertz CT molecular complexity index is 427. The normalized spacial score (nSPS) is 17.3. The largest absolute Gasteiger partial charge is 0.479 e. The van der Waals surface area contributed by atoms with Crippen molar-refractivity contribution in [2.75, 3.05) is 0 Å². The molecule has 1 aromatic rings. The molecule has 0 radical (unpaired) electrons. The van der Waals surface area contributed by atoms with E-state index in [2.05, 4.69) is 10.3 Å². The number of hydrogen-bond donors (Lipinski definition) is 2. The number of carbonyl (C=O) groups is 2. The molecule has 0 spiro atoms. The zero-order valence-electron chi connectivity index (χ0n) is 10.0. The number of hydrogen-bond acceptors (Lipinski definition) is 3. The van der Waals surface area contributed by atoms with E-state index in [1.165, 1.54) is 6.20 Å². The fourth-order valence-corrected chi connectivity index (χ4v) is 2.28. The Labute approximate surface area is 105 Å². The molecule has 1 saturated carbocycles. The summed E-state index contributed by atoms with van der Waals surface area (Å²) in [6.07, 6.45) is 6.83. The van der Waals surface area contributed by atoms with Crippen LogP contribution in [0.25, 0.3) is 0 Å². The second-order valence-corrected chi connectivity index (χ2v) is 4.55. The zero-order chi connectivity index (χ0) is 13.0. The van der Waals surface area contributed by atoms with E-state index in [0.717, 1.165) is 25.7 Å². The lowest BCUT2D eigenvalue weighted by atomic mass is 10.0. The highest BCUT2D eigenvalue weighted by atomic mass is 16.4. The topological polar surface area (TPSA) is 79.3 Å². The fourth-order valence-electron chi connectivity index (χ4n) is 2.28. The number of carbonyl (C=O) groups excluding carboxylic acids is 1. The molecule has 1 aliphatic carbocycles. The number of carboxylic acids is 1. The highest BCUT2D eigenvalue weighted by Gasteiger charge is 2.28. The number of nitrogens with zero attached hydrogens (tertiary/aromatic N) is 1. The Morgan fingerprint density at radius 1 is 1.39 bits per heavy atom. The maximum Gasteiger partial charge on any atom is 0.330 e. The van der Waals surface area contributed by atoms with Gasteiger partial charge in [0.2, 0.25) is 5.91 Å². The van der Waals surface area contributed by atoms with E-state index < -0.39 is 12.0 Å². The molecule has 1 atom stereocenters. The molecule has 0 aromatic carbocycles. The lowest BCUT2D eigenvalue weighted by molar-refractivity contribution is -0.142. The van der Waals surface area contributed by atoms with Crippen molar-refractivity contribution in [3.63, 3.8) is 0 Å². The number of nitrogens with one attached hydrogen (secondary N) is 1. The number of aliphatic carboxylic acids is 1. The van der Waals surface area contributed by atoms with Gasteiger partial charge in [0, 0.05) is 23.9 Å². The van der Waals surface area contributed by atoms with Crippen LogP contribution in [0.2, 0.25) is 0 Å². The average Bonchev–Trinajstić information content (AvgIpc) is 2.90. The molecule has 0 aliphatic heterocycles. The van der Waals surface area contributed by atoms with Gasteiger partial charge in [-0.1, -0.05) is 18.9 Å². The highest BCUT2D eigenvalue weighted by molar-refractivity contribution is 5.85. The van der Waals surface area contributed by atoms with Crippen LogP contribution in [0.1, 0.15) is 37.3 Å². The first-order valence-corrected chi connectivity index (χ1v) is 6.11. The van der Waals surface area contributed by atoms with Crippen LogP contribution in [-0.2, 0) is 9.59 Å². The van der Waals surface area contributed by atoms with E-state index in [4.69, 9.17) is 0 Å². The van der Waals surface area contributed by atoms with Crippen molar-refractivity contribution in [3.05, 3.63) is 30.1 Å². The maximum absolute atomic E-state index is 11.9. The lowest BCUT2D eigenvalue weighted by Gasteiger charge is -2.17. The fraction of sp³-hybridized carbons (Fsp3) is 0.462. The summed E-state index contributed by atoms with van der Waals surface area (Å²) in [4.78, 5) is 27.0. The molecule has 96 valence electrons. The maximum atomic E-state index is 11.9. The van der Waals surface area contributed by atoms with Crippen LogP contribution in [0, 0.1) is 5.92 Å². The average molecular weight is 248 g/mol. The van der Waals surface area contributed by atoms with Gasteiger partial charge in [-0.25, -0.2) is 4.79 Å². The molecule has 0 bridgehead atoms. The van der Waals surface area contributed by atoms with Gasteiger partial charge in [-0.05, 0) is 18.9 Å². The van der Waals surface area contributed by atoms with Gasteiger partial charge >= 0.3 is 5.97 Å². The SMILES string of the molecule is O=C(NC(C(=O)O)c1cccnc1)C1CCCC1. The van der Waals surface area contributed by atoms with Crippen molar-refractivity contribution in [1.82, 2.24) is 10.3 Å². The molecular weight excluding hydrogens is 232 g/mol. The summed E-state index contributed by atoms with van der Waals surface area (Å²) in [5.74, 6) is -1.26. The molecule has 1 fully saturated rings. The Hall–Kier alpha value is -1.91. The zero-order valence-corrected chi connectivity index (χ0v) is 10.0. The molecule has 1 aromatic heterocycles. The van der Waals surface area contributed by atoms with E-state index in [9.17, 15) is 14.7 Å². The molecule has 1 unspecified atom stereocenters. The van der Waals surface area contributed by atoms with Crippen molar-refractivity contribution in [2.45, 2.75) is 31.7 Å². The predicted molar refractivity (Wildman–Crippen MR) is 64.7 cm³/mol. The molecule has 0 saturated heterocycles. The van der Waals surface area contributed by atoms with Crippen molar-refractivity contribution in [2.24, 2.45) is 5.92 Å². The second-order valence-electron chi connectivity index (χ2n) is 4.55. The van der Waals surface area contributed by atoms with Crippen molar-refractivity contribution < 1.29 is 14.7 Å². The van der Waals surface area contributed by atoms with Crippen LogP contribution < -0.4 is 5.32 Å². The van der Waals surface area contributed by atoms with Crippen LogP contribution in [0.15, 0.2) is 24.5 Å². The standard InChI is InChI=1S/C13H16N2O3/c16-12(9-4-1-2-5-9)15-11(13(17)18)10-6-3-7-14-8-10/h3,6-9,11H,1-2,4-5H2,(H,15,16)(H,17,18). The molecule has 5 nitrogen and oxygen atoms in total. The Morgan fingerprint density at radius 3 is 2.67 bits per heavy atom. The molecule has 2 N–H and O–H groups in total. The number of pyridine rings is 1. The quantitative estimate of drug-likeness (QED) is 0.846. The number of rotatable bonds is 4. The van der Waals surface area contributed by atoms with Crippen molar-refractivity contribution >= 4 is 11.9 Å². The molecule has 1 amide bonds. The van der Waals surface area contributed by atoms with Crippen LogP contribution in [-0.4, -0.2) is 22.0 Å². The van der Waals surface area contributed by atoms with E-state index in [1.54, 1.807) is 18.3 Å². The van der Waals surface area contributed by atoms with Gasteiger partial charge in [0.1, 0.15) is 0 Å². The summed E-state index contributed by atoms with van der Waals surface area (Å²) in [6.45, 7) is 0. The van der Waals surface area contributed by atoms with Gasteiger partial charge in [-0.2, -0.15) is 0 Å². The van der Waals surface area contributed by atoms with Gasteiger partial charge in [-0.15, -0.1) is 0 Å². The minimum atomic E-state index is -1.06. The molecule has 1 aliphatic rings. The summed E-state index contributed by atoms with van der Waals surface area (Å²) < 4.78 is 0. The third kappa shape index (κ3) is 2.85. The van der Waals surface area contributed by atoms with E-state index >= 15 is 0 Å². The van der Waals surface area contributed by atoms with E-state index in [-0.39, 0.29) is 11.8 Å². The van der Waals surface area contributed by atoms with E-state index in [1.807, 2.05) is 0 Å². The van der Waals surface area contributed by atoms with Crippen molar-refractivity contribution in [3.8, 4) is 0 Å². The lowest BCUT2D eigenvalue weighted by Crippen LogP contribution is -2.37. The summed E-state index contributed by atoms with van der Waals surface area (Å²) in [5, 5.41) is 11.8. The summed E-state index contributed by atoms with van der Waals surface area (Å²) >= 11 is 0. The van der Waals surface area contributed by atoms with Gasteiger partial charge in [-0.3, -0.25) is 9.78 Å². The van der Waals surface area contributed by atoms with Crippen LogP contribution in [0.4, 0.5) is 0 Å². The Balaban J connectivity index is 2.07. The first kappa shape index (κ1) is 12.5. The molecular formula is C13H16N2O3. The minimum Gasteiger partial charge on any atom is -0.479 e. The predicted octanol–water partition coefficient (Wildman–Crippen LogP) is 1.51. The van der Waals surface area contributed by atoms with Gasteiger partial charge in [0.05, 0.1) is 0 Å². The first-order chi connectivity index (χ1) is 8.68. The molecule has 1 heterocycles. The first-order valence-electron chi connectivity index (χ1n) is 6.11. The van der Waals surface area contributed by atoms with Gasteiger partial charge < -0.3 is 10.4 Å².